The fourth-order valence-electron chi connectivity index (χ4n) is 6.20. The lowest BCUT2D eigenvalue weighted by Gasteiger charge is -2.23. The first kappa shape index (κ1) is 54.7. The zero-order chi connectivity index (χ0) is 48.2. The summed E-state index contributed by atoms with van der Waals surface area (Å²) in [6.07, 6.45) is 0. The number of rotatable bonds is 8. The minimum atomic E-state index is -0.872. The predicted molar refractivity (Wildman–Crippen MR) is 268 cm³/mol. The van der Waals surface area contributed by atoms with Crippen molar-refractivity contribution in [3.05, 3.63) is 175 Å². The molecular formula is C51H53Cl5N2O8. The molecule has 0 bridgehead atoms. The topological polar surface area (TPSA) is 140 Å². The molecule has 0 heterocycles. The molecule has 0 fully saturated rings. The van der Waals surface area contributed by atoms with Crippen molar-refractivity contribution in [1.82, 2.24) is 11.0 Å². The van der Waals surface area contributed by atoms with E-state index in [2.05, 4.69) is 26.3 Å². The van der Waals surface area contributed by atoms with E-state index in [1.54, 1.807) is 41.9 Å². The van der Waals surface area contributed by atoms with Crippen molar-refractivity contribution in [3.63, 3.8) is 0 Å². The van der Waals surface area contributed by atoms with Gasteiger partial charge >= 0.3 is 5.97 Å². The van der Waals surface area contributed by atoms with Crippen molar-refractivity contribution < 1.29 is 40.1 Å². The monoisotopic (exact) mass is 997 g/mol. The fraction of sp³-hybridized carbons (Fsp3) is 0.216. The quantitative estimate of drug-likeness (QED) is 0.0778. The van der Waals surface area contributed by atoms with E-state index in [4.69, 9.17) is 77.5 Å². The summed E-state index contributed by atoms with van der Waals surface area (Å²) in [5.41, 5.74) is 9.54. The normalized spacial score (nSPS) is 10.7. The van der Waals surface area contributed by atoms with E-state index in [1.807, 2.05) is 93.6 Å². The van der Waals surface area contributed by atoms with Crippen molar-refractivity contribution in [2.24, 2.45) is 0 Å². The predicted octanol–water partition coefficient (Wildman–Crippen LogP) is 14.5. The smallest absolute Gasteiger partial charge is 0.365 e. The molecule has 3 N–H and O–H groups in total. The van der Waals surface area contributed by atoms with Crippen LogP contribution < -0.4 is 20.4 Å². The van der Waals surface area contributed by atoms with Crippen LogP contribution in [-0.2, 0) is 15.7 Å². The third kappa shape index (κ3) is 14.0. The van der Waals surface area contributed by atoms with E-state index >= 15 is 0 Å². The summed E-state index contributed by atoms with van der Waals surface area (Å²) in [6, 6.07) is 36.2. The maximum Gasteiger partial charge on any atom is 0.365 e. The van der Waals surface area contributed by atoms with Gasteiger partial charge in [0.1, 0.15) is 11.5 Å². The van der Waals surface area contributed by atoms with Crippen LogP contribution in [0, 0.1) is 0 Å². The van der Waals surface area contributed by atoms with Crippen LogP contribution >= 0.6 is 58.0 Å². The Morgan fingerprint density at radius 3 is 1.23 bits per heavy atom. The van der Waals surface area contributed by atoms with Gasteiger partial charge in [0, 0.05) is 12.6 Å². The van der Waals surface area contributed by atoms with Crippen LogP contribution in [0.25, 0.3) is 22.3 Å². The van der Waals surface area contributed by atoms with Crippen LogP contribution in [0.15, 0.2) is 121 Å². The first-order valence-corrected chi connectivity index (χ1v) is 21.6. The standard InChI is InChI=1S/C25H23Cl2NO4.C18H21NO3.C7H3Cl3O.CH4.H2/c1-25(2,3)16-13-17(15-9-6-5-7-10-15)22(31-4)18(14-16)23(29)28-32-24(30)21-19(26)11-8-12-20(21)27;1-18(2,3)13-10-14(12-8-6-5-7-9-12)16(22-4)15(11-13)17(20)19-21;8-4-2-1-3-5(9)6(4)7(10)11;;/h5-14H,1-4H3,(H,28,29);5-11,21H,1-4H3,(H,19,20);1-3H;1H4;1H/i;;;;1+1. The summed E-state index contributed by atoms with van der Waals surface area (Å²) in [6.45, 7) is 12.4. The van der Waals surface area contributed by atoms with E-state index in [0.29, 0.717) is 17.1 Å². The highest BCUT2D eigenvalue weighted by molar-refractivity contribution is 6.70. The second-order valence-electron chi connectivity index (χ2n) is 16.2. The van der Waals surface area contributed by atoms with Crippen molar-refractivity contribution in [2.75, 3.05) is 14.2 Å². The summed E-state index contributed by atoms with van der Waals surface area (Å²) < 4.78 is 11.1. The van der Waals surface area contributed by atoms with E-state index in [0.717, 1.165) is 33.4 Å². The number of halogens is 5. The van der Waals surface area contributed by atoms with Crippen LogP contribution in [0.4, 0.5) is 0 Å². The van der Waals surface area contributed by atoms with Crippen LogP contribution in [-0.4, -0.2) is 42.5 Å². The molecule has 0 radical (unpaired) electrons. The van der Waals surface area contributed by atoms with E-state index in [1.165, 1.54) is 26.4 Å². The van der Waals surface area contributed by atoms with Crippen molar-refractivity contribution in [2.45, 2.75) is 59.8 Å². The molecule has 0 aliphatic heterocycles. The Morgan fingerprint density at radius 1 is 0.545 bits per heavy atom. The average molecular weight is 1000 g/mol. The molecule has 66 heavy (non-hydrogen) atoms. The van der Waals surface area contributed by atoms with Crippen LogP contribution in [0.5, 0.6) is 11.5 Å². The number of hydrogen-bond donors (Lipinski definition) is 3. The molecule has 6 rings (SSSR count). The second kappa shape index (κ2) is 24.3. The third-order valence-electron chi connectivity index (χ3n) is 9.64. The second-order valence-corrected chi connectivity index (χ2v) is 18.1. The average Bonchev–Trinajstić information content (AvgIpc) is 3.27. The highest BCUT2D eigenvalue weighted by Gasteiger charge is 2.26. The van der Waals surface area contributed by atoms with Gasteiger partial charge in [-0.3, -0.25) is 19.6 Å². The van der Waals surface area contributed by atoms with Gasteiger partial charge in [0.25, 0.3) is 17.1 Å². The fourth-order valence-corrected chi connectivity index (χ4v) is 7.62. The molecule has 0 unspecified atom stereocenters. The van der Waals surface area contributed by atoms with Crippen molar-refractivity contribution in [1.29, 1.82) is 0 Å². The molecule has 6 aromatic carbocycles. The van der Waals surface area contributed by atoms with Crippen LogP contribution in [0.2, 0.25) is 20.1 Å². The van der Waals surface area contributed by atoms with Gasteiger partial charge in [-0.2, -0.15) is 5.48 Å². The van der Waals surface area contributed by atoms with Gasteiger partial charge in [-0.15, -0.1) is 0 Å². The number of hydroxylamine groups is 2. The number of nitrogens with one attached hydrogen (secondary N) is 2. The van der Waals surface area contributed by atoms with Gasteiger partial charge in [-0.25, -0.2) is 10.3 Å². The van der Waals surface area contributed by atoms with Gasteiger partial charge in [0.2, 0.25) is 0 Å². The molecule has 0 aliphatic rings. The molecule has 2 amide bonds. The zero-order valence-electron chi connectivity index (χ0n) is 36.7. The van der Waals surface area contributed by atoms with E-state index < -0.39 is 23.0 Å². The molecule has 0 aliphatic carbocycles. The highest BCUT2D eigenvalue weighted by Crippen LogP contribution is 2.39. The number of methoxy groups -OCH3 is 2. The van der Waals surface area contributed by atoms with Crippen molar-refractivity contribution in [3.8, 4) is 33.8 Å². The lowest BCUT2D eigenvalue weighted by molar-refractivity contribution is 0.0229. The molecule has 0 aromatic heterocycles. The Morgan fingerprint density at radius 2 is 0.909 bits per heavy atom. The Hall–Kier alpha value is -5.59. The number of benzene rings is 6. The largest absolute Gasteiger partial charge is 0.495 e. The van der Waals surface area contributed by atoms with Gasteiger partial charge < -0.3 is 14.3 Å². The Balaban J connectivity index is 0.000000381. The maximum atomic E-state index is 13.1. The number of amides is 2. The van der Waals surface area contributed by atoms with Crippen molar-refractivity contribution >= 4 is 81.0 Å². The van der Waals surface area contributed by atoms with Gasteiger partial charge in [0.05, 0.1) is 56.6 Å². The van der Waals surface area contributed by atoms with Gasteiger partial charge in [-0.1, -0.05) is 168 Å². The molecule has 0 saturated heterocycles. The molecule has 0 atom stereocenters. The molecule has 10 nitrogen and oxygen atoms in total. The Kier molecular flexibility index (Phi) is 20.1. The summed E-state index contributed by atoms with van der Waals surface area (Å²) >= 11 is 28.6. The minimum Gasteiger partial charge on any atom is -0.495 e. The number of carbonyl (C=O) groups excluding carboxylic acids is 4. The third-order valence-corrected chi connectivity index (χ3v) is 11.1. The van der Waals surface area contributed by atoms with E-state index in [9.17, 15) is 19.2 Å². The summed E-state index contributed by atoms with van der Waals surface area (Å²) in [4.78, 5) is 53.2. The number of carbonyl (C=O) groups is 4. The summed E-state index contributed by atoms with van der Waals surface area (Å²) in [7, 11) is 3.01. The molecule has 350 valence electrons. The lowest BCUT2D eigenvalue weighted by Crippen LogP contribution is -2.28. The molecule has 6 aromatic rings. The zero-order valence-corrected chi connectivity index (χ0v) is 40.5. The number of ether oxygens (including phenoxy) is 2. The molecule has 15 heteroatoms. The minimum absolute atomic E-state index is 0. The maximum absolute atomic E-state index is 13.1. The first-order valence-electron chi connectivity index (χ1n) is 19.7. The number of hydrogen-bond acceptors (Lipinski definition) is 8. The summed E-state index contributed by atoms with van der Waals surface area (Å²) in [5, 5.41) is 9.16. The van der Waals surface area contributed by atoms with Crippen LogP contribution in [0.3, 0.4) is 0 Å². The summed E-state index contributed by atoms with van der Waals surface area (Å²) in [5.74, 6) is -1.27. The Bertz CT molecular complexity index is 2630. The highest BCUT2D eigenvalue weighted by atomic mass is 35.5. The molecule has 0 spiro atoms. The molecular weight excluding hydrogens is 946 g/mol. The molecule has 0 saturated carbocycles. The van der Waals surface area contributed by atoms with Gasteiger partial charge in [-0.05, 0) is 93.2 Å². The van der Waals surface area contributed by atoms with E-state index in [-0.39, 0.29) is 56.5 Å². The first-order chi connectivity index (χ1) is 30.6. The van der Waals surface area contributed by atoms with Crippen LogP contribution in [0.1, 0.15) is 103 Å². The Labute approximate surface area is 412 Å². The lowest BCUT2D eigenvalue weighted by atomic mass is 9.83. The SMILES string of the molecule is C.COc1c(C(=O)NO)cc(C(C)(C)C)cc1-c1ccccc1.COc1c(C(=O)NOC(=O)c2c(Cl)cccc2Cl)cc(C(C)(C)C)cc1-c1ccccc1.O=C(Cl)c1c(Cl)cccc1Cl.[2HH]. The van der Waals surface area contributed by atoms with Gasteiger partial charge in [0.15, 0.2) is 0 Å².